The molecule has 1 aromatic heterocycles. The summed E-state index contributed by atoms with van der Waals surface area (Å²) < 4.78 is 11.5. The van der Waals surface area contributed by atoms with Crippen molar-refractivity contribution in [2.24, 2.45) is 0 Å². The van der Waals surface area contributed by atoms with Crippen LogP contribution in [0.15, 0.2) is 35.0 Å². The maximum atomic E-state index is 7.20. The van der Waals surface area contributed by atoms with Crippen molar-refractivity contribution in [3.63, 3.8) is 0 Å². The van der Waals surface area contributed by atoms with Gasteiger partial charge in [0, 0.05) is 12.1 Å². The van der Waals surface area contributed by atoms with Gasteiger partial charge < -0.3 is 9.26 Å². The standard InChI is InChI=1S/C10H11N3O2.ClH/c1-2-14-9-5-3-8(4-6-9)13-7-10(11)15-12-13;/h3-7,11H,2H2,1H3;1H. The fraction of sp³-hybridized carbons (Fsp3) is 0.200. The molecule has 0 amide bonds. The number of nitrogens with one attached hydrogen (secondary N) is 1. The van der Waals surface area contributed by atoms with Crippen LogP contribution in [-0.2, 0) is 0 Å². The Kier molecular flexibility index (Phi) is 4.13. The van der Waals surface area contributed by atoms with Crippen molar-refractivity contribution < 1.29 is 13.9 Å². The van der Waals surface area contributed by atoms with Gasteiger partial charge in [-0.3, -0.25) is 10.7 Å². The highest BCUT2D eigenvalue weighted by atomic mass is 35.5. The predicted molar refractivity (Wildman–Crippen MR) is 57.8 cm³/mol. The summed E-state index contributed by atoms with van der Waals surface area (Å²) in [5.74, 6) is 0.816. The number of hydrogen-bond donors (Lipinski definition) is 1. The van der Waals surface area contributed by atoms with E-state index in [1.807, 2.05) is 31.2 Å². The first-order valence-electron chi connectivity index (χ1n) is 4.63. The number of hydrogen-bond acceptors (Lipinski definition) is 3. The highest BCUT2D eigenvalue weighted by molar-refractivity contribution is 5.85. The summed E-state index contributed by atoms with van der Waals surface area (Å²) in [4.78, 5) is 0. The zero-order valence-corrected chi connectivity index (χ0v) is 9.53. The molecule has 0 atom stereocenters. The first-order valence-corrected chi connectivity index (χ1v) is 4.63. The zero-order chi connectivity index (χ0) is 10.7. The highest BCUT2D eigenvalue weighted by Gasteiger charge is 2.02. The minimum Gasteiger partial charge on any atom is -0.494 e. The monoisotopic (exact) mass is 241 g/mol. The molecular formula is C10H12ClN3O2. The smallest absolute Gasteiger partial charge is 0.265 e. The topological polar surface area (TPSA) is 64.2 Å². The van der Waals surface area contributed by atoms with Crippen molar-refractivity contribution in [1.29, 1.82) is 5.41 Å². The second-order valence-corrected chi connectivity index (χ2v) is 2.94. The largest absolute Gasteiger partial charge is 0.494 e. The van der Waals surface area contributed by atoms with E-state index in [1.165, 1.54) is 10.9 Å². The quantitative estimate of drug-likeness (QED) is 0.809. The van der Waals surface area contributed by atoms with Gasteiger partial charge in [0.2, 0.25) is 11.9 Å². The Morgan fingerprint density at radius 3 is 2.56 bits per heavy atom. The molecule has 1 heterocycles. The van der Waals surface area contributed by atoms with Crippen LogP contribution in [0.4, 0.5) is 0 Å². The molecule has 2 aromatic rings. The lowest BCUT2D eigenvalue weighted by molar-refractivity contribution is -0.676. The van der Waals surface area contributed by atoms with Crippen molar-refractivity contribution in [2.45, 2.75) is 6.92 Å². The Morgan fingerprint density at radius 2 is 2.06 bits per heavy atom. The molecular weight excluding hydrogens is 230 g/mol. The van der Waals surface area contributed by atoms with Gasteiger partial charge in [0.1, 0.15) is 5.75 Å². The Hall–Kier alpha value is -1.75. The molecule has 0 aliphatic carbocycles. The molecule has 0 spiro atoms. The molecule has 6 heteroatoms. The summed E-state index contributed by atoms with van der Waals surface area (Å²) in [5.41, 5.74) is 0.865. The third-order valence-electron chi connectivity index (χ3n) is 1.88. The van der Waals surface area contributed by atoms with Crippen molar-refractivity contribution in [2.75, 3.05) is 6.61 Å². The molecule has 0 aliphatic heterocycles. The van der Waals surface area contributed by atoms with Crippen LogP contribution in [0.1, 0.15) is 6.92 Å². The second-order valence-electron chi connectivity index (χ2n) is 2.94. The first kappa shape index (κ1) is 12.3. The Balaban J connectivity index is 0.00000128. The van der Waals surface area contributed by atoms with Gasteiger partial charge >= 0.3 is 0 Å². The number of benzene rings is 1. The molecule has 0 bridgehead atoms. The third-order valence-corrected chi connectivity index (χ3v) is 1.88. The summed E-state index contributed by atoms with van der Waals surface area (Å²) in [5, 5.41) is 10.9. The van der Waals surface area contributed by atoms with Crippen LogP contribution < -0.4 is 20.2 Å². The maximum absolute atomic E-state index is 7.20. The van der Waals surface area contributed by atoms with Crippen LogP contribution in [0.3, 0.4) is 0 Å². The minimum atomic E-state index is 0. The molecule has 0 radical (unpaired) electrons. The molecule has 0 fully saturated rings. The zero-order valence-electron chi connectivity index (χ0n) is 8.71. The van der Waals surface area contributed by atoms with E-state index in [0.29, 0.717) is 6.61 Å². The van der Waals surface area contributed by atoms with Gasteiger partial charge in [0.25, 0.3) is 5.55 Å². The van der Waals surface area contributed by atoms with Gasteiger partial charge in [-0.1, -0.05) is 0 Å². The van der Waals surface area contributed by atoms with Gasteiger partial charge in [-0.25, -0.2) is 4.68 Å². The summed E-state index contributed by atoms with van der Waals surface area (Å²) >= 11 is 0. The normalized spacial score (nSPS) is 9.56. The summed E-state index contributed by atoms with van der Waals surface area (Å²) in [6, 6.07) is 7.41. The average Bonchev–Trinajstić information content (AvgIpc) is 2.67. The van der Waals surface area contributed by atoms with Crippen molar-refractivity contribution in [1.82, 2.24) is 5.27 Å². The van der Waals surface area contributed by atoms with E-state index in [2.05, 4.69) is 9.79 Å². The van der Waals surface area contributed by atoms with Gasteiger partial charge in [0.15, 0.2) is 0 Å². The van der Waals surface area contributed by atoms with E-state index in [1.54, 1.807) is 0 Å². The molecule has 1 aromatic carbocycles. The molecule has 5 nitrogen and oxygen atoms in total. The molecule has 0 unspecified atom stereocenters. The fourth-order valence-electron chi connectivity index (χ4n) is 1.23. The summed E-state index contributed by atoms with van der Waals surface area (Å²) in [7, 11) is 0. The van der Waals surface area contributed by atoms with E-state index in [9.17, 15) is 0 Å². The molecule has 0 saturated heterocycles. The van der Waals surface area contributed by atoms with Gasteiger partial charge in [-0.15, -0.1) is 12.4 Å². The van der Waals surface area contributed by atoms with E-state index in [-0.39, 0.29) is 18.0 Å². The second kappa shape index (κ2) is 5.37. The lowest BCUT2D eigenvalue weighted by atomic mass is 10.3. The molecule has 86 valence electrons. The summed E-state index contributed by atoms with van der Waals surface area (Å²) in [6.07, 6.45) is 1.50. The van der Waals surface area contributed by atoms with Crippen LogP contribution in [-0.4, -0.2) is 6.61 Å². The lowest BCUT2D eigenvalue weighted by Crippen LogP contribution is -2.33. The van der Waals surface area contributed by atoms with Crippen LogP contribution in [0.5, 0.6) is 5.75 Å². The van der Waals surface area contributed by atoms with Gasteiger partial charge in [0.05, 0.1) is 6.61 Å². The predicted octanol–water partition coefficient (Wildman–Crippen LogP) is 0.813. The fourth-order valence-corrected chi connectivity index (χ4v) is 1.23. The molecule has 16 heavy (non-hydrogen) atoms. The number of ether oxygens (including phenoxy) is 1. The van der Waals surface area contributed by atoms with E-state index in [0.717, 1.165) is 11.4 Å². The van der Waals surface area contributed by atoms with Crippen LogP contribution >= 0.6 is 12.4 Å². The van der Waals surface area contributed by atoms with Gasteiger partial charge in [-0.05, 0) is 19.1 Å². The van der Waals surface area contributed by atoms with Crippen molar-refractivity contribution in [3.8, 4) is 11.4 Å². The van der Waals surface area contributed by atoms with Crippen molar-refractivity contribution >= 4 is 12.4 Å². The minimum absolute atomic E-state index is 0. The Bertz CT molecular complexity index is 489. The van der Waals surface area contributed by atoms with Crippen LogP contribution in [0.25, 0.3) is 5.69 Å². The number of aromatic nitrogens is 2. The van der Waals surface area contributed by atoms with Crippen LogP contribution in [0.2, 0.25) is 0 Å². The van der Waals surface area contributed by atoms with E-state index < -0.39 is 0 Å². The number of rotatable bonds is 3. The van der Waals surface area contributed by atoms with Crippen molar-refractivity contribution in [3.05, 3.63) is 36.0 Å². The molecule has 1 N–H and O–H groups in total. The Labute approximate surface area is 98.5 Å². The molecule has 0 saturated carbocycles. The highest BCUT2D eigenvalue weighted by Crippen LogP contribution is 2.11. The molecule has 2 rings (SSSR count). The third kappa shape index (κ3) is 2.64. The van der Waals surface area contributed by atoms with Crippen LogP contribution in [0, 0.1) is 5.41 Å². The Morgan fingerprint density at radius 1 is 1.38 bits per heavy atom. The van der Waals surface area contributed by atoms with E-state index in [4.69, 9.17) is 10.1 Å². The lowest BCUT2D eigenvalue weighted by Gasteiger charge is -2.02. The number of halogens is 1. The maximum Gasteiger partial charge on any atom is 0.265 e. The first-order chi connectivity index (χ1) is 7.29. The average molecular weight is 242 g/mol. The summed E-state index contributed by atoms with van der Waals surface area (Å²) in [6.45, 7) is 2.58. The SMILES string of the molecule is CCOc1ccc(-[n+]2cc(=N)o[n-]2)cc1.Cl. The van der Waals surface area contributed by atoms with E-state index >= 15 is 0 Å². The van der Waals surface area contributed by atoms with Gasteiger partial charge in [-0.2, -0.15) is 0 Å². The molecule has 0 aliphatic rings. The number of nitrogens with zero attached hydrogens (tertiary/aromatic N) is 2.